The summed E-state index contributed by atoms with van der Waals surface area (Å²) in [6.45, 7) is 0.557. The molecule has 0 unspecified atom stereocenters. The molecule has 0 saturated carbocycles. The number of ether oxygens (including phenoxy) is 1. The zero-order valence-electron chi connectivity index (χ0n) is 9.78. The maximum atomic E-state index is 12.9. The maximum Gasteiger partial charge on any atom is 0.214 e. The van der Waals surface area contributed by atoms with Gasteiger partial charge in [0.2, 0.25) is 5.95 Å². The van der Waals surface area contributed by atoms with Crippen LogP contribution in [0.4, 0.5) is 10.2 Å². The van der Waals surface area contributed by atoms with E-state index in [-0.39, 0.29) is 0 Å². The van der Waals surface area contributed by atoms with Crippen molar-refractivity contribution in [3.05, 3.63) is 52.4 Å². The number of hydrogen-bond donors (Lipinski definition) is 1. The van der Waals surface area contributed by atoms with Crippen LogP contribution in [0.25, 0.3) is 0 Å². The summed E-state index contributed by atoms with van der Waals surface area (Å²) < 4.78 is 18.9. The van der Waals surface area contributed by atoms with Crippen molar-refractivity contribution in [3.8, 4) is 5.75 Å². The van der Waals surface area contributed by atoms with E-state index in [0.717, 1.165) is 15.8 Å². The predicted molar refractivity (Wildman–Crippen MR) is 72.2 cm³/mol. The van der Waals surface area contributed by atoms with Crippen LogP contribution in [0.1, 0.15) is 5.56 Å². The van der Waals surface area contributed by atoms with Gasteiger partial charge in [0.25, 0.3) is 0 Å². The van der Waals surface area contributed by atoms with E-state index in [0.29, 0.717) is 12.4 Å². The average Bonchev–Trinajstić information content (AvgIpc) is 2.37. The minimum atomic E-state index is -0.492. The molecule has 3 nitrogen and oxygen atoms in total. The lowest BCUT2D eigenvalue weighted by atomic mass is 10.2. The van der Waals surface area contributed by atoms with Crippen LogP contribution in [-0.4, -0.2) is 12.1 Å². The Kier molecular flexibility index (Phi) is 4.15. The van der Waals surface area contributed by atoms with Crippen LogP contribution in [0.2, 0.25) is 0 Å². The van der Waals surface area contributed by atoms with Crippen molar-refractivity contribution in [1.82, 2.24) is 4.98 Å². The standard InChI is InChI=1S/C13H12BrFN2O/c1-18-10-6-5-9(11(14)7-10)8-16-13-4-2-3-12(15)17-13/h2-7H,8H2,1H3,(H,16,17). The zero-order valence-corrected chi connectivity index (χ0v) is 11.4. The van der Waals surface area contributed by atoms with Gasteiger partial charge in [0.1, 0.15) is 11.6 Å². The fourth-order valence-corrected chi connectivity index (χ4v) is 1.99. The van der Waals surface area contributed by atoms with Gasteiger partial charge in [-0.2, -0.15) is 4.39 Å². The molecule has 0 atom stereocenters. The van der Waals surface area contributed by atoms with Gasteiger partial charge >= 0.3 is 0 Å². The molecule has 1 N–H and O–H groups in total. The molecule has 0 aliphatic heterocycles. The second-order valence-corrected chi connectivity index (χ2v) is 4.51. The minimum Gasteiger partial charge on any atom is -0.497 e. The smallest absolute Gasteiger partial charge is 0.214 e. The number of nitrogens with one attached hydrogen (secondary N) is 1. The van der Waals surface area contributed by atoms with Gasteiger partial charge in [-0.1, -0.05) is 28.1 Å². The molecule has 1 aromatic heterocycles. The van der Waals surface area contributed by atoms with Gasteiger partial charge in [0.05, 0.1) is 7.11 Å². The van der Waals surface area contributed by atoms with E-state index in [2.05, 4.69) is 26.2 Å². The molecule has 5 heteroatoms. The largest absolute Gasteiger partial charge is 0.497 e. The molecule has 94 valence electrons. The van der Waals surface area contributed by atoms with E-state index < -0.39 is 5.95 Å². The van der Waals surface area contributed by atoms with Crippen molar-refractivity contribution in [2.45, 2.75) is 6.54 Å². The Hall–Kier alpha value is -1.62. The number of aromatic nitrogens is 1. The summed E-state index contributed by atoms with van der Waals surface area (Å²) in [5.74, 6) is 0.807. The van der Waals surface area contributed by atoms with E-state index in [1.165, 1.54) is 6.07 Å². The van der Waals surface area contributed by atoms with Gasteiger partial charge in [0.15, 0.2) is 0 Å². The molecular weight excluding hydrogens is 299 g/mol. The summed E-state index contributed by atoms with van der Waals surface area (Å²) in [5.41, 5.74) is 1.04. The number of methoxy groups -OCH3 is 1. The highest BCUT2D eigenvalue weighted by Crippen LogP contribution is 2.23. The summed E-state index contributed by atoms with van der Waals surface area (Å²) in [4.78, 5) is 3.73. The first kappa shape index (κ1) is 12.8. The van der Waals surface area contributed by atoms with Crippen LogP contribution in [0.15, 0.2) is 40.9 Å². The minimum absolute atomic E-state index is 0.492. The third-order valence-corrected chi connectivity index (χ3v) is 3.17. The van der Waals surface area contributed by atoms with Crippen molar-refractivity contribution in [1.29, 1.82) is 0 Å². The first-order valence-electron chi connectivity index (χ1n) is 5.38. The Morgan fingerprint density at radius 1 is 1.33 bits per heavy atom. The Bertz CT molecular complexity index is 548. The monoisotopic (exact) mass is 310 g/mol. The van der Waals surface area contributed by atoms with E-state index in [1.807, 2.05) is 18.2 Å². The highest BCUT2D eigenvalue weighted by atomic mass is 79.9. The normalized spacial score (nSPS) is 10.2. The molecule has 0 aliphatic carbocycles. The maximum absolute atomic E-state index is 12.9. The molecule has 0 spiro atoms. The van der Waals surface area contributed by atoms with Crippen molar-refractivity contribution in [2.75, 3.05) is 12.4 Å². The number of benzene rings is 1. The predicted octanol–water partition coefficient (Wildman–Crippen LogP) is 3.60. The molecule has 1 aromatic carbocycles. The highest BCUT2D eigenvalue weighted by Gasteiger charge is 2.02. The summed E-state index contributed by atoms with van der Waals surface area (Å²) in [6.07, 6.45) is 0. The Balaban J connectivity index is 2.06. The van der Waals surface area contributed by atoms with Gasteiger partial charge in [-0.15, -0.1) is 0 Å². The first-order chi connectivity index (χ1) is 8.69. The Labute approximate surface area is 113 Å². The van der Waals surface area contributed by atoms with E-state index in [1.54, 1.807) is 19.2 Å². The number of rotatable bonds is 4. The number of hydrogen-bond acceptors (Lipinski definition) is 3. The van der Waals surface area contributed by atoms with E-state index >= 15 is 0 Å². The molecule has 2 rings (SSSR count). The van der Waals surface area contributed by atoms with Crippen molar-refractivity contribution in [2.24, 2.45) is 0 Å². The molecule has 0 radical (unpaired) electrons. The van der Waals surface area contributed by atoms with Crippen molar-refractivity contribution >= 4 is 21.7 Å². The molecule has 0 aliphatic rings. The van der Waals surface area contributed by atoms with Gasteiger partial charge in [0, 0.05) is 11.0 Å². The molecule has 2 aromatic rings. The second kappa shape index (κ2) is 5.82. The number of pyridine rings is 1. The Morgan fingerprint density at radius 3 is 2.83 bits per heavy atom. The van der Waals surface area contributed by atoms with Crippen LogP contribution in [-0.2, 0) is 6.54 Å². The number of halogens is 2. The van der Waals surface area contributed by atoms with Gasteiger partial charge in [-0.05, 0) is 29.8 Å². The number of nitrogens with zero attached hydrogens (tertiary/aromatic N) is 1. The van der Waals surface area contributed by atoms with Gasteiger partial charge in [-0.3, -0.25) is 0 Å². The third kappa shape index (κ3) is 3.20. The fraction of sp³-hybridized carbons (Fsp3) is 0.154. The Morgan fingerprint density at radius 2 is 2.17 bits per heavy atom. The lowest BCUT2D eigenvalue weighted by molar-refractivity contribution is 0.414. The van der Waals surface area contributed by atoms with Crippen LogP contribution < -0.4 is 10.1 Å². The highest BCUT2D eigenvalue weighted by molar-refractivity contribution is 9.10. The molecular formula is C13H12BrFN2O. The first-order valence-corrected chi connectivity index (χ1v) is 6.17. The van der Waals surface area contributed by atoms with Gasteiger partial charge < -0.3 is 10.1 Å². The van der Waals surface area contributed by atoms with Crippen LogP contribution in [0.3, 0.4) is 0 Å². The third-order valence-electron chi connectivity index (χ3n) is 2.44. The molecule has 0 saturated heterocycles. The van der Waals surface area contributed by atoms with Crippen molar-refractivity contribution < 1.29 is 9.13 Å². The zero-order chi connectivity index (χ0) is 13.0. The van der Waals surface area contributed by atoms with Crippen LogP contribution >= 0.6 is 15.9 Å². The topological polar surface area (TPSA) is 34.1 Å². The van der Waals surface area contributed by atoms with Crippen LogP contribution in [0, 0.1) is 5.95 Å². The number of anilines is 1. The quantitative estimate of drug-likeness (QED) is 0.876. The summed E-state index contributed by atoms with van der Waals surface area (Å²) >= 11 is 3.46. The van der Waals surface area contributed by atoms with Crippen LogP contribution in [0.5, 0.6) is 5.75 Å². The molecule has 0 amide bonds. The summed E-state index contributed by atoms with van der Waals surface area (Å²) in [5, 5.41) is 3.06. The van der Waals surface area contributed by atoms with Gasteiger partial charge in [-0.25, -0.2) is 4.98 Å². The SMILES string of the molecule is COc1ccc(CNc2cccc(F)n2)c(Br)c1. The fourth-order valence-electron chi connectivity index (χ4n) is 1.49. The van der Waals surface area contributed by atoms with E-state index in [4.69, 9.17) is 4.74 Å². The molecule has 0 fully saturated rings. The summed E-state index contributed by atoms with van der Waals surface area (Å²) in [6, 6.07) is 10.4. The lowest BCUT2D eigenvalue weighted by Crippen LogP contribution is -2.02. The van der Waals surface area contributed by atoms with E-state index in [9.17, 15) is 4.39 Å². The molecule has 0 bridgehead atoms. The lowest BCUT2D eigenvalue weighted by Gasteiger charge is -2.09. The summed E-state index contributed by atoms with van der Waals surface area (Å²) in [7, 11) is 1.62. The second-order valence-electron chi connectivity index (χ2n) is 3.66. The molecule has 1 heterocycles. The average molecular weight is 311 g/mol. The molecule has 18 heavy (non-hydrogen) atoms. The van der Waals surface area contributed by atoms with Crippen molar-refractivity contribution in [3.63, 3.8) is 0 Å².